The van der Waals surface area contributed by atoms with Gasteiger partial charge in [-0.25, -0.2) is 0 Å². The minimum atomic E-state index is 0.515. The van der Waals surface area contributed by atoms with Crippen molar-refractivity contribution in [3.63, 3.8) is 0 Å². The third kappa shape index (κ3) is 1.14. The summed E-state index contributed by atoms with van der Waals surface area (Å²) in [6, 6.07) is 8.79. The van der Waals surface area contributed by atoms with Crippen LogP contribution in [0.4, 0.5) is 0 Å². The number of hydrogen-bond acceptors (Lipinski definition) is 0. The summed E-state index contributed by atoms with van der Waals surface area (Å²) in [4.78, 5) is 0. The largest absolute Gasteiger partial charge is 0.0726 e. The van der Waals surface area contributed by atoms with Crippen LogP contribution in [0.1, 0.15) is 30.4 Å². The van der Waals surface area contributed by atoms with E-state index in [1.807, 2.05) is 0 Å². The third-order valence-electron chi connectivity index (χ3n) is 3.35. The lowest BCUT2D eigenvalue weighted by Gasteiger charge is -2.11. The lowest BCUT2D eigenvalue weighted by Crippen LogP contribution is -1.95. The molecule has 0 N–H and O–H groups in total. The zero-order valence-electron chi connectivity index (χ0n) is 8.90. The second-order valence-corrected chi connectivity index (χ2v) is 4.10. The number of allylic oxidation sites excluding steroid dienone is 6. The van der Waals surface area contributed by atoms with E-state index in [9.17, 15) is 0 Å². The van der Waals surface area contributed by atoms with Gasteiger partial charge in [0.2, 0.25) is 0 Å². The third-order valence-corrected chi connectivity index (χ3v) is 3.35. The van der Waals surface area contributed by atoms with Crippen LogP contribution < -0.4 is 0 Å². The van der Waals surface area contributed by atoms with Crippen LogP contribution in [-0.2, 0) is 0 Å². The number of rotatable bonds is 1. The van der Waals surface area contributed by atoms with Gasteiger partial charge >= 0.3 is 0 Å². The fourth-order valence-corrected chi connectivity index (χ4v) is 2.69. The average molecular weight is 194 g/mol. The second kappa shape index (κ2) is 3.23. The minimum absolute atomic E-state index is 0.515. The Balaban J connectivity index is 2.26. The molecule has 0 spiro atoms. The van der Waals surface area contributed by atoms with Crippen molar-refractivity contribution in [2.45, 2.75) is 19.3 Å². The average Bonchev–Trinajstić information content (AvgIpc) is 2.63. The van der Waals surface area contributed by atoms with E-state index in [1.54, 1.807) is 0 Å². The summed E-state index contributed by atoms with van der Waals surface area (Å²) in [7, 11) is 0. The van der Waals surface area contributed by atoms with Gasteiger partial charge in [-0.1, -0.05) is 55.5 Å². The molecule has 3 rings (SSSR count). The van der Waals surface area contributed by atoms with Crippen molar-refractivity contribution in [3.05, 3.63) is 65.3 Å². The molecule has 0 aliphatic heterocycles. The normalized spacial score (nSPS) is 21.8. The molecule has 2 aliphatic rings. The van der Waals surface area contributed by atoms with Gasteiger partial charge in [0.25, 0.3) is 0 Å². The molecule has 2 aliphatic carbocycles. The molecule has 0 amide bonds. The Morgan fingerprint density at radius 1 is 1.13 bits per heavy atom. The molecule has 0 heterocycles. The molecule has 0 bridgehead atoms. The van der Waals surface area contributed by atoms with Crippen molar-refractivity contribution in [2.75, 3.05) is 0 Å². The molecule has 1 atom stereocenters. The predicted octanol–water partition coefficient (Wildman–Crippen LogP) is 4.07. The summed E-state index contributed by atoms with van der Waals surface area (Å²) in [6.45, 7) is 2.24. The van der Waals surface area contributed by atoms with Crippen LogP contribution >= 0.6 is 0 Å². The van der Waals surface area contributed by atoms with E-state index in [0.29, 0.717) is 5.92 Å². The lowest BCUT2D eigenvalue weighted by atomic mass is 9.92. The highest BCUT2D eigenvalue weighted by Gasteiger charge is 2.27. The highest BCUT2D eigenvalue weighted by atomic mass is 14.3. The molecule has 0 heteroatoms. The molecule has 0 aromatic heterocycles. The molecule has 1 aromatic carbocycles. The summed E-state index contributed by atoms with van der Waals surface area (Å²) in [5.74, 6) is 0.515. The monoisotopic (exact) mass is 194 g/mol. The Morgan fingerprint density at radius 3 is 2.87 bits per heavy atom. The smallest absolute Gasteiger partial charge is 0.0281 e. The zero-order valence-corrected chi connectivity index (χ0v) is 8.90. The highest BCUT2D eigenvalue weighted by molar-refractivity contribution is 5.81. The molecule has 1 aromatic rings. The maximum atomic E-state index is 2.30. The van der Waals surface area contributed by atoms with E-state index in [1.165, 1.54) is 22.3 Å². The predicted molar refractivity (Wildman–Crippen MR) is 64.7 cm³/mol. The first-order valence-corrected chi connectivity index (χ1v) is 5.59. The Labute approximate surface area is 90.6 Å². The van der Waals surface area contributed by atoms with E-state index < -0.39 is 0 Å². The van der Waals surface area contributed by atoms with Crippen molar-refractivity contribution in [3.8, 4) is 0 Å². The highest BCUT2D eigenvalue weighted by Crippen LogP contribution is 2.45. The van der Waals surface area contributed by atoms with E-state index >= 15 is 0 Å². The van der Waals surface area contributed by atoms with Crippen LogP contribution in [0.25, 0.3) is 5.57 Å². The van der Waals surface area contributed by atoms with E-state index in [0.717, 1.165) is 6.42 Å². The van der Waals surface area contributed by atoms with Crippen LogP contribution in [-0.4, -0.2) is 0 Å². The van der Waals surface area contributed by atoms with Gasteiger partial charge in [-0.05, 0) is 28.7 Å². The standard InChI is InChI=1S/C15H14/c1-2-11-12-7-3-5-9-14(12)15-10-6-4-8-13(11)15/h3-10,14H,2H2,1H3. The van der Waals surface area contributed by atoms with Crippen LogP contribution in [0, 0.1) is 0 Å². The van der Waals surface area contributed by atoms with Gasteiger partial charge in [0, 0.05) is 5.92 Å². The number of hydrogen-bond donors (Lipinski definition) is 0. The molecule has 74 valence electrons. The fourth-order valence-electron chi connectivity index (χ4n) is 2.69. The summed E-state index contributed by atoms with van der Waals surface area (Å²) >= 11 is 0. The van der Waals surface area contributed by atoms with Crippen molar-refractivity contribution in [1.29, 1.82) is 0 Å². The van der Waals surface area contributed by atoms with Crippen molar-refractivity contribution in [2.24, 2.45) is 0 Å². The molecule has 0 nitrogen and oxygen atoms in total. The maximum Gasteiger partial charge on any atom is 0.0281 e. The maximum absolute atomic E-state index is 2.30. The van der Waals surface area contributed by atoms with Crippen LogP contribution in [0.3, 0.4) is 0 Å². The topological polar surface area (TPSA) is 0 Å². The summed E-state index contributed by atoms with van der Waals surface area (Å²) in [5.41, 5.74) is 5.96. The van der Waals surface area contributed by atoms with E-state index in [4.69, 9.17) is 0 Å². The van der Waals surface area contributed by atoms with Crippen molar-refractivity contribution < 1.29 is 0 Å². The molecule has 15 heavy (non-hydrogen) atoms. The molecule has 0 saturated carbocycles. The molecule has 0 saturated heterocycles. The van der Waals surface area contributed by atoms with E-state index in [2.05, 4.69) is 55.5 Å². The lowest BCUT2D eigenvalue weighted by molar-refractivity contribution is 1.05. The molecule has 0 fully saturated rings. The Hall–Kier alpha value is -1.56. The fraction of sp³-hybridized carbons (Fsp3) is 0.200. The molecule has 0 radical (unpaired) electrons. The number of fused-ring (bicyclic) bond motifs is 3. The quantitative estimate of drug-likeness (QED) is 0.632. The van der Waals surface area contributed by atoms with Crippen LogP contribution in [0.2, 0.25) is 0 Å². The van der Waals surface area contributed by atoms with Gasteiger partial charge in [-0.2, -0.15) is 0 Å². The van der Waals surface area contributed by atoms with Crippen molar-refractivity contribution in [1.82, 2.24) is 0 Å². The first-order valence-electron chi connectivity index (χ1n) is 5.59. The molecular formula is C15H14. The molecule has 1 unspecified atom stereocenters. The van der Waals surface area contributed by atoms with Crippen LogP contribution in [0.15, 0.2) is 54.1 Å². The Bertz CT molecular complexity index is 487. The first-order chi connectivity index (χ1) is 7.42. The van der Waals surface area contributed by atoms with Gasteiger partial charge in [-0.3, -0.25) is 0 Å². The van der Waals surface area contributed by atoms with Gasteiger partial charge in [0.1, 0.15) is 0 Å². The summed E-state index contributed by atoms with van der Waals surface area (Å²) < 4.78 is 0. The van der Waals surface area contributed by atoms with Gasteiger partial charge < -0.3 is 0 Å². The Morgan fingerprint density at radius 2 is 2.00 bits per heavy atom. The minimum Gasteiger partial charge on any atom is -0.0726 e. The summed E-state index contributed by atoms with van der Waals surface area (Å²) in [6.07, 6.45) is 10.00. The SMILES string of the molecule is CCC1=C2C=CC=CC2c2ccccc21. The first kappa shape index (κ1) is 8.72. The van der Waals surface area contributed by atoms with Crippen molar-refractivity contribution >= 4 is 5.57 Å². The second-order valence-electron chi connectivity index (χ2n) is 4.10. The van der Waals surface area contributed by atoms with Gasteiger partial charge in [0.05, 0.1) is 0 Å². The Kier molecular flexibility index (Phi) is 1.88. The summed E-state index contributed by atoms with van der Waals surface area (Å²) in [5, 5.41) is 0. The van der Waals surface area contributed by atoms with E-state index in [-0.39, 0.29) is 0 Å². The van der Waals surface area contributed by atoms with Crippen LogP contribution in [0.5, 0.6) is 0 Å². The molecular weight excluding hydrogens is 180 g/mol. The number of benzene rings is 1. The zero-order chi connectivity index (χ0) is 10.3. The van der Waals surface area contributed by atoms with Gasteiger partial charge in [-0.15, -0.1) is 0 Å². The van der Waals surface area contributed by atoms with Gasteiger partial charge in [0.15, 0.2) is 0 Å².